The van der Waals surface area contributed by atoms with Crippen molar-refractivity contribution in [2.24, 2.45) is 0 Å². The molecule has 0 saturated heterocycles. The van der Waals surface area contributed by atoms with Crippen LogP contribution >= 0.6 is 0 Å². The van der Waals surface area contributed by atoms with Gasteiger partial charge in [0.25, 0.3) is 0 Å². The maximum Gasteiger partial charge on any atom is 0.0881 e. The molecule has 0 amide bonds. The molecule has 0 aliphatic rings. The molecule has 2 aromatic heterocycles. The fourth-order valence-corrected chi connectivity index (χ4v) is 2.29. The van der Waals surface area contributed by atoms with E-state index >= 15 is 0 Å². The van der Waals surface area contributed by atoms with E-state index < -0.39 is 0 Å². The van der Waals surface area contributed by atoms with E-state index in [-0.39, 0.29) is 0 Å². The van der Waals surface area contributed by atoms with Crippen LogP contribution in [0.15, 0.2) is 54.9 Å². The summed E-state index contributed by atoms with van der Waals surface area (Å²) in [7, 11) is 0. The molecule has 0 saturated carbocycles. The molecule has 2 heteroatoms. The molecule has 3 aromatic rings. The third-order valence-corrected chi connectivity index (χ3v) is 3.19. The molecule has 2 nitrogen and oxygen atoms in total. The maximum atomic E-state index is 4.54. The minimum atomic E-state index is 1.05. The van der Waals surface area contributed by atoms with Crippen LogP contribution in [0.2, 0.25) is 0 Å². The largest absolute Gasteiger partial charge is 0.346 e. The van der Waals surface area contributed by atoms with Gasteiger partial charge in [-0.05, 0) is 24.1 Å². The van der Waals surface area contributed by atoms with Crippen LogP contribution < -0.4 is 0 Å². The Labute approximate surface area is 107 Å². The van der Waals surface area contributed by atoms with Crippen LogP contribution in [0.1, 0.15) is 13.3 Å². The number of benzene rings is 1. The summed E-state index contributed by atoms with van der Waals surface area (Å²) in [6.45, 7) is 3.24. The minimum absolute atomic E-state index is 1.05. The van der Waals surface area contributed by atoms with E-state index in [1.165, 1.54) is 16.6 Å². The molecule has 0 bridgehead atoms. The van der Waals surface area contributed by atoms with Gasteiger partial charge in [-0.15, -0.1) is 0 Å². The molecule has 0 spiro atoms. The molecule has 0 atom stereocenters. The average molecular weight is 236 g/mol. The van der Waals surface area contributed by atoms with Crippen molar-refractivity contribution < 1.29 is 0 Å². The van der Waals surface area contributed by atoms with Crippen molar-refractivity contribution >= 4 is 11.0 Å². The summed E-state index contributed by atoms with van der Waals surface area (Å²) in [5.74, 6) is 0. The van der Waals surface area contributed by atoms with Crippen molar-refractivity contribution in [1.82, 2.24) is 9.55 Å². The molecule has 2 heterocycles. The zero-order valence-corrected chi connectivity index (χ0v) is 10.5. The van der Waals surface area contributed by atoms with E-state index in [9.17, 15) is 0 Å². The molecule has 90 valence electrons. The Morgan fingerprint density at radius 3 is 2.67 bits per heavy atom. The molecule has 0 radical (unpaired) electrons. The molecule has 0 aliphatic carbocycles. The van der Waals surface area contributed by atoms with Crippen LogP contribution in [0.3, 0.4) is 0 Å². The average Bonchev–Trinajstić information content (AvgIpc) is 2.83. The van der Waals surface area contributed by atoms with Gasteiger partial charge in [0, 0.05) is 24.5 Å². The lowest BCUT2D eigenvalue weighted by atomic mass is 10.1. The van der Waals surface area contributed by atoms with Gasteiger partial charge in [-0.2, -0.15) is 0 Å². The van der Waals surface area contributed by atoms with E-state index in [4.69, 9.17) is 0 Å². The van der Waals surface area contributed by atoms with Gasteiger partial charge >= 0.3 is 0 Å². The first kappa shape index (κ1) is 11.0. The second-order valence-electron chi connectivity index (χ2n) is 4.50. The molecule has 1 aromatic carbocycles. The van der Waals surface area contributed by atoms with Crippen molar-refractivity contribution in [2.45, 2.75) is 19.9 Å². The third-order valence-electron chi connectivity index (χ3n) is 3.19. The van der Waals surface area contributed by atoms with Crippen LogP contribution in [0, 0.1) is 0 Å². The molecule has 0 N–H and O–H groups in total. The number of fused-ring (bicyclic) bond motifs is 1. The van der Waals surface area contributed by atoms with E-state index in [0.29, 0.717) is 0 Å². The summed E-state index contributed by atoms with van der Waals surface area (Å²) in [5.41, 5.74) is 4.69. The third kappa shape index (κ3) is 1.90. The molecule has 3 rings (SSSR count). The van der Waals surface area contributed by atoms with Crippen molar-refractivity contribution in [1.29, 1.82) is 0 Å². The number of hydrogen-bond donors (Lipinski definition) is 0. The summed E-state index contributed by atoms with van der Waals surface area (Å²) in [6.07, 6.45) is 5.21. The van der Waals surface area contributed by atoms with Crippen LogP contribution in [0.25, 0.3) is 22.2 Å². The molecule has 0 fully saturated rings. The van der Waals surface area contributed by atoms with Gasteiger partial charge in [-0.1, -0.05) is 37.3 Å². The monoisotopic (exact) mass is 236 g/mol. The highest BCUT2D eigenvalue weighted by Gasteiger charge is 2.04. The molecule has 18 heavy (non-hydrogen) atoms. The first-order valence-corrected chi connectivity index (χ1v) is 6.39. The van der Waals surface area contributed by atoms with Crippen LogP contribution in [0.5, 0.6) is 0 Å². The number of aromatic nitrogens is 2. The number of aryl methyl sites for hydroxylation is 1. The van der Waals surface area contributed by atoms with Crippen LogP contribution in [-0.2, 0) is 6.54 Å². The zero-order chi connectivity index (χ0) is 12.4. The Morgan fingerprint density at radius 2 is 1.89 bits per heavy atom. The van der Waals surface area contributed by atoms with E-state index in [1.807, 2.05) is 12.3 Å². The van der Waals surface area contributed by atoms with Gasteiger partial charge in [0.15, 0.2) is 0 Å². The van der Waals surface area contributed by atoms with Gasteiger partial charge in [0.2, 0.25) is 0 Å². The van der Waals surface area contributed by atoms with Crippen LogP contribution in [0.4, 0.5) is 0 Å². The molecule has 0 aliphatic heterocycles. The van der Waals surface area contributed by atoms with Crippen molar-refractivity contribution in [3.8, 4) is 11.1 Å². The van der Waals surface area contributed by atoms with Gasteiger partial charge in [0.1, 0.15) is 0 Å². The van der Waals surface area contributed by atoms with Gasteiger partial charge < -0.3 is 4.57 Å². The van der Waals surface area contributed by atoms with Crippen molar-refractivity contribution in [2.75, 3.05) is 0 Å². The number of pyridine rings is 1. The summed E-state index contributed by atoms with van der Waals surface area (Å²) in [6, 6.07) is 14.7. The minimum Gasteiger partial charge on any atom is -0.346 e. The smallest absolute Gasteiger partial charge is 0.0881 e. The Bertz CT molecular complexity index is 653. The summed E-state index contributed by atoms with van der Waals surface area (Å²) in [4.78, 5) is 4.54. The SMILES string of the molecule is CCCn1ccc2ncc(-c3ccccc3)cc21. The van der Waals surface area contributed by atoms with E-state index in [0.717, 1.165) is 18.5 Å². The normalized spacial score (nSPS) is 10.9. The predicted molar refractivity (Wildman–Crippen MR) is 75.5 cm³/mol. The summed E-state index contributed by atoms with van der Waals surface area (Å²) < 4.78 is 2.27. The number of hydrogen-bond acceptors (Lipinski definition) is 1. The highest BCUT2D eigenvalue weighted by Crippen LogP contribution is 2.23. The topological polar surface area (TPSA) is 17.8 Å². The zero-order valence-electron chi connectivity index (χ0n) is 10.5. The molecular weight excluding hydrogens is 220 g/mol. The molecular formula is C16H16N2. The van der Waals surface area contributed by atoms with Gasteiger partial charge in [-0.3, -0.25) is 4.98 Å². The van der Waals surface area contributed by atoms with E-state index in [1.54, 1.807) is 0 Å². The predicted octanol–water partition coefficient (Wildman–Crippen LogP) is 4.11. The van der Waals surface area contributed by atoms with Gasteiger partial charge in [0.05, 0.1) is 11.0 Å². The highest BCUT2D eigenvalue weighted by molar-refractivity contribution is 5.81. The lowest BCUT2D eigenvalue weighted by molar-refractivity contribution is 0.703. The standard InChI is InChI=1S/C16H16N2/c1-2-9-18-10-8-15-16(18)11-14(12-17-15)13-6-4-3-5-7-13/h3-8,10-12H,2,9H2,1H3. The second kappa shape index (κ2) is 4.65. The Kier molecular flexibility index (Phi) is 2.85. The summed E-state index contributed by atoms with van der Waals surface area (Å²) in [5, 5.41) is 0. The fourth-order valence-electron chi connectivity index (χ4n) is 2.29. The summed E-state index contributed by atoms with van der Waals surface area (Å²) >= 11 is 0. The number of nitrogens with zero attached hydrogens (tertiary/aromatic N) is 2. The lowest BCUT2D eigenvalue weighted by Gasteiger charge is -2.05. The first-order valence-electron chi connectivity index (χ1n) is 6.39. The Morgan fingerprint density at radius 1 is 1.06 bits per heavy atom. The van der Waals surface area contributed by atoms with Crippen molar-refractivity contribution in [3.05, 3.63) is 54.9 Å². The maximum absolute atomic E-state index is 4.54. The van der Waals surface area contributed by atoms with Crippen LogP contribution in [-0.4, -0.2) is 9.55 Å². The van der Waals surface area contributed by atoms with E-state index in [2.05, 4.69) is 59.1 Å². The fraction of sp³-hybridized carbons (Fsp3) is 0.188. The number of rotatable bonds is 3. The highest BCUT2D eigenvalue weighted by atomic mass is 15.0. The first-order chi connectivity index (χ1) is 8.88. The van der Waals surface area contributed by atoms with Gasteiger partial charge in [-0.25, -0.2) is 0 Å². The Hall–Kier alpha value is -2.09. The Balaban J connectivity index is 2.12. The molecule has 0 unspecified atom stereocenters. The second-order valence-corrected chi connectivity index (χ2v) is 4.50. The lowest BCUT2D eigenvalue weighted by Crippen LogP contribution is -1.94. The quantitative estimate of drug-likeness (QED) is 0.669. The van der Waals surface area contributed by atoms with Crippen molar-refractivity contribution in [3.63, 3.8) is 0 Å².